The van der Waals surface area contributed by atoms with Crippen LogP contribution in [0.2, 0.25) is 10.0 Å². The molecule has 34 heavy (non-hydrogen) atoms. The Kier molecular flexibility index (Phi) is 7.79. The molecule has 1 heterocycles. The number of piperidine rings is 1. The normalized spacial score (nSPS) is 14.7. The van der Waals surface area contributed by atoms with Gasteiger partial charge in [-0.25, -0.2) is 13.2 Å². The summed E-state index contributed by atoms with van der Waals surface area (Å²) in [4.78, 5) is 15.0. The van der Waals surface area contributed by atoms with E-state index in [9.17, 15) is 23.4 Å². The summed E-state index contributed by atoms with van der Waals surface area (Å²) >= 11 is 11.9. The minimum Gasteiger partial charge on any atom is -0.505 e. The molecule has 1 fully saturated rings. The molecule has 0 bridgehead atoms. The molecule has 0 saturated carbocycles. The number of phenolic OH excluding ortho intramolecular Hbond substituents is 1. The molecular weight excluding hydrogens is 501 g/mol. The number of aromatic hydroxyl groups is 1. The number of hydrogen-bond donors (Lipinski definition) is 3. The number of nitrogens with one attached hydrogen (secondary N) is 1. The van der Waals surface area contributed by atoms with Gasteiger partial charge in [-0.1, -0.05) is 29.3 Å². The fraction of sp³-hybridized carbons (Fsp3) is 0.435. The fourth-order valence-electron chi connectivity index (χ4n) is 3.96. The molecule has 0 spiro atoms. The van der Waals surface area contributed by atoms with Gasteiger partial charge in [-0.3, -0.25) is 9.62 Å². The van der Waals surface area contributed by atoms with Gasteiger partial charge in [0.15, 0.2) is 5.75 Å². The molecule has 186 valence electrons. The topological polar surface area (TPSA) is 110 Å². The molecular formula is C23H29Cl2N3O5S. The van der Waals surface area contributed by atoms with Crippen molar-refractivity contribution in [3.8, 4) is 5.75 Å². The highest BCUT2D eigenvalue weighted by molar-refractivity contribution is 7.92. The molecule has 0 atom stereocenters. The Balaban J connectivity index is 2.12. The van der Waals surface area contributed by atoms with Gasteiger partial charge in [-0.2, -0.15) is 0 Å². The SMILES string of the molecule is CC(C)(C)N(Cc1c(NS(=O)(=O)c2cc(Cl)cc(Cl)c2O)cccc1N1CCCCC1)C(=O)O. The number of sulfonamides is 1. The number of amides is 1. The molecule has 0 radical (unpaired) electrons. The molecule has 2 aromatic rings. The van der Waals surface area contributed by atoms with Crippen molar-refractivity contribution in [2.75, 3.05) is 22.7 Å². The van der Waals surface area contributed by atoms with E-state index in [0.29, 0.717) is 5.56 Å². The second-order valence-corrected chi connectivity index (χ2v) is 11.7. The van der Waals surface area contributed by atoms with E-state index in [1.54, 1.807) is 32.9 Å². The lowest BCUT2D eigenvalue weighted by atomic mass is 10.0. The molecule has 0 aliphatic carbocycles. The molecule has 1 saturated heterocycles. The number of rotatable bonds is 6. The Morgan fingerprint density at radius 1 is 1.15 bits per heavy atom. The smallest absolute Gasteiger partial charge is 0.408 e. The van der Waals surface area contributed by atoms with Crippen LogP contribution < -0.4 is 9.62 Å². The van der Waals surface area contributed by atoms with E-state index in [2.05, 4.69) is 9.62 Å². The summed E-state index contributed by atoms with van der Waals surface area (Å²) in [6.45, 7) is 6.88. The fourth-order valence-corrected chi connectivity index (χ4v) is 5.82. The van der Waals surface area contributed by atoms with E-state index >= 15 is 0 Å². The van der Waals surface area contributed by atoms with Gasteiger partial charge >= 0.3 is 6.09 Å². The number of hydrogen-bond acceptors (Lipinski definition) is 5. The highest BCUT2D eigenvalue weighted by Crippen LogP contribution is 2.37. The molecule has 8 nitrogen and oxygen atoms in total. The average Bonchev–Trinajstić information content (AvgIpc) is 2.74. The zero-order valence-corrected chi connectivity index (χ0v) is 21.6. The molecule has 11 heteroatoms. The van der Waals surface area contributed by atoms with E-state index < -0.39 is 32.3 Å². The first-order chi connectivity index (χ1) is 15.8. The Morgan fingerprint density at radius 3 is 2.38 bits per heavy atom. The van der Waals surface area contributed by atoms with Gasteiger partial charge in [0.25, 0.3) is 10.0 Å². The van der Waals surface area contributed by atoms with Crippen LogP contribution in [0.3, 0.4) is 0 Å². The summed E-state index contributed by atoms with van der Waals surface area (Å²) in [6, 6.07) is 7.52. The van der Waals surface area contributed by atoms with Crippen molar-refractivity contribution in [3.05, 3.63) is 45.9 Å². The second-order valence-electron chi connectivity index (χ2n) is 9.23. The van der Waals surface area contributed by atoms with Gasteiger partial charge in [-0.15, -0.1) is 0 Å². The third-order valence-corrected chi connectivity index (χ3v) is 7.62. The maximum absolute atomic E-state index is 13.3. The summed E-state index contributed by atoms with van der Waals surface area (Å²) in [5.41, 5.74) is 0.783. The Labute approximate surface area is 210 Å². The zero-order valence-electron chi connectivity index (χ0n) is 19.3. The van der Waals surface area contributed by atoms with E-state index in [4.69, 9.17) is 23.2 Å². The minimum atomic E-state index is -4.30. The zero-order chi connectivity index (χ0) is 25.3. The average molecular weight is 530 g/mol. The summed E-state index contributed by atoms with van der Waals surface area (Å²) < 4.78 is 29.0. The first-order valence-corrected chi connectivity index (χ1v) is 13.1. The van der Waals surface area contributed by atoms with Crippen molar-refractivity contribution >= 4 is 50.7 Å². The standard InChI is InChI=1S/C23H29Cl2N3O5S/c1-23(2,3)28(22(30)31)14-16-18(8-7-9-19(16)27-10-5-4-6-11-27)26-34(32,33)20-13-15(24)12-17(25)21(20)29/h7-9,12-13,26,29H,4-6,10-11,14H2,1-3H3,(H,30,31). The van der Waals surface area contributed by atoms with Crippen LogP contribution in [-0.2, 0) is 16.6 Å². The quantitative estimate of drug-likeness (QED) is 0.438. The van der Waals surface area contributed by atoms with Crippen LogP contribution in [0.1, 0.15) is 45.6 Å². The molecule has 1 aliphatic rings. The first-order valence-electron chi connectivity index (χ1n) is 10.9. The highest BCUT2D eigenvalue weighted by Gasteiger charge is 2.30. The monoisotopic (exact) mass is 529 g/mol. The van der Waals surface area contributed by atoms with Crippen molar-refractivity contribution in [1.82, 2.24) is 4.90 Å². The van der Waals surface area contributed by atoms with Crippen molar-refractivity contribution < 1.29 is 23.4 Å². The second kappa shape index (κ2) is 10.1. The third kappa shape index (κ3) is 5.82. The first kappa shape index (κ1) is 26.2. The van der Waals surface area contributed by atoms with E-state index in [-0.39, 0.29) is 22.3 Å². The van der Waals surface area contributed by atoms with Crippen molar-refractivity contribution in [3.63, 3.8) is 0 Å². The molecule has 1 aliphatic heterocycles. The highest BCUT2D eigenvalue weighted by atomic mass is 35.5. The van der Waals surface area contributed by atoms with Crippen LogP contribution in [0.5, 0.6) is 5.75 Å². The van der Waals surface area contributed by atoms with Gasteiger partial charge in [0.1, 0.15) is 4.90 Å². The molecule has 3 rings (SSSR count). The lowest BCUT2D eigenvalue weighted by Gasteiger charge is -2.36. The summed E-state index contributed by atoms with van der Waals surface area (Å²) in [6.07, 6.45) is 1.98. The number of halogens is 2. The van der Waals surface area contributed by atoms with Crippen LogP contribution in [0.15, 0.2) is 35.2 Å². The van der Waals surface area contributed by atoms with Gasteiger partial charge in [0.2, 0.25) is 0 Å². The van der Waals surface area contributed by atoms with Gasteiger partial charge in [0.05, 0.1) is 17.3 Å². The van der Waals surface area contributed by atoms with E-state index in [1.807, 2.05) is 6.07 Å². The maximum atomic E-state index is 13.3. The Morgan fingerprint density at radius 2 is 1.79 bits per heavy atom. The summed E-state index contributed by atoms with van der Waals surface area (Å²) in [5, 5.41) is 20.0. The number of carboxylic acid groups (broad SMARTS) is 1. The van der Waals surface area contributed by atoms with Crippen molar-refractivity contribution in [2.45, 2.75) is 57.0 Å². The number of nitrogens with zero attached hydrogens (tertiary/aromatic N) is 2. The van der Waals surface area contributed by atoms with Crippen molar-refractivity contribution in [2.24, 2.45) is 0 Å². The van der Waals surface area contributed by atoms with Crippen LogP contribution in [0.4, 0.5) is 16.2 Å². The predicted octanol–water partition coefficient (Wildman–Crippen LogP) is 5.77. The van der Waals surface area contributed by atoms with Crippen LogP contribution in [0, 0.1) is 0 Å². The molecule has 0 unspecified atom stereocenters. The Bertz CT molecular complexity index is 1180. The Hall–Kier alpha value is -2.36. The predicted molar refractivity (Wildman–Crippen MR) is 135 cm³/mol. The third-order valence-electron chi connectivity index (χ3n) is 5.73. The lowest BCUT2D eigenvalue weighted by Crippen LogP contribution is -2.44. The van der Waals surface area contributed by atoms with Crippen LogP contribution >= 0.6 is 23.2 Å². The van der Waals surface area contributed by atoms with E-state index in [0.717, 1.165) is 44.1 Å². The number of anilines is 2. The summed E-state index contributed by atoms with van der Waals surface area (Å²) in [7, 11) is -4.30. The maximum Gasteiger partial charge on any atom is 0.408 e. The van der Waals surface area contributed by atoms with Gasteiger partial charge in [0, 0.05) is 34.9 Å². The molecule has 3 N–H and O–H groups in total. The molecule has 0 aromatic heterocycles. The van der Waals surface area contributed by atoms with Crippen LogP contribution in [-0.4, -0.2) is 48.3 Å². The molecule has 1 amide bonds. The minimum absolute atomic E-state index is 0.0361. The van der Waals surface area contributed by atoms with Gasteiger partial charge < -0.3 is 15.1 Å². The lowest BCUT2D eigenvalue weighted by molar-refractivity contribution is 0.0958. The molecule has 2 aromatic carbocycles. The number of phenols is 1. The number of benzene rings is 2. The van der Waals surface area contributed by atoms with Gasteiger partial charge in [-0.05, 0) is 64.3 Å². The summed E-state index contributed by atoms with van der Waals surface area (Å²) in [5.74, 6) is -0.617. The van der Waals surface area contributed by atoms with E-state index in [1.165, 1.54) is 11.0 Å². The van der Waals surface area contributed by atoms with Crippen molar-refractivity contribution in [1.29, 1.82) is 0 Å². The number of carbonyl (C=O) groups is 1. The largest absolute Gasteiger partial charge is 0.505 e. The van der Waals surface area contributed by atoms with Crippen LogP contribution in [0.25, 0.3) is 0 Å².